The molecule has 3 amide bonds. The SMILES string of the molecule is COc1ccc(S(N)(=O)=O)cc1C(=O)OC(C)C(=O)NC(=O)NC1CC1. The number of carbonyl (C=O) groups excluding carboxylic acids is 3. The number of hydrogen-bond acceptors (Lipinski definition) is 7. The molecule has 0 aromatic heterocycles. The van der Waals surface area contributed by atoms with Crippen molar-refractivity contribution in [3.05, 3.63) is 23.8 Å². The van der Waals surface area contributed by atoms with Gasteiger partial charge >= 0.3 is 12.0 Å². The summed E-state index contributed by atoms with van der Waals surface area (Å²) < 4.78 is 32.8. The van der Waals surface area contributed by atoms with Crippen LogP contribution in [0.5, 0.6) is 5.75 Å². The minimum Gasteiger partial charge on any atom is -0.496 e. The van der Waals surface area contributed by atoms with Crippen LogP contribution in [0.2, 0.25) is 0 Å². The zero-order valence-electron chi connectivity index (χ0n) is 14.1. The summed E-state index contributed by atoms with van der Waals surface area (Å²) in [7, 11) is -2.77. The van der Waals surface area contributed by atoms with Gasteiger partial charge in [0.15, 0.2) is 6.10 Å². The Labute approximate surface area is 150 Å². The van der Waals surface area contributed by atoms with Crippen LogP contribution in [0.25, 0.3) is 0 Å². The molecule has 0 saturated heterocycles. The lowest BCUT2D eigenvalue weighted by Gasteiger charge is -2.15. The molecule has 10 nitrogen and oxygen atoms in total. The van der Waals surface area contributed by atoms with E-state index in [0.717, 1.165) is 18.9 Å². The van der Waals surface area contributed by atoms with E-state index in [1.807, 2.05) is 0 Å². The second-order valence-electron chi connectivity index (χ2n) is 5.69. The minimum absolute atomic E-state index is 0.0430. The zero-order chi connectivity index (χ0) is 19.5. The average molecular weight is 385 g/mol. The van der Waals surface area contributed by atoms with Gasteiger partial charge < -0.3 is 14.8 Å². The van der Waals surface area contributed by atoms with Crippen molar-refractivity contribution in [1.29, 1.82) is 0 Å². The maximum absolute atomic E-state index is 12.3. The molecule has 0 bridgehead atoms. The number of urea groups is 1. The maximum Gasteiger partial charge on any atom is 0.342 e. The molecule has 0 aliphatic heterocycles. The highest BCUT2D eigenvalue weighted by Crippen LogP contribution is 2.23. The lowest BCUT2D eigenvalue weighted by molar-refractivity contribution is -0.127. The molecule has 1 aromatic rings. The number of nitrogens with one attached hydrogen (secondary N) is 2. The van der Waals surface area contributed by atoms with Gasteiger partial charge in [-0.2, -0.15) is 0 Å². The summed E-state index contributed by atoms with van der Waals surface area (Å²) in [6, 6.07) is 2.79. The highest BCUT2D eigenvalue weighted by atomic mass is 32.2. The summed E-state index contributed by atoms with van der Waals surface area (Å²) in [6.07, 6.45) is 0.411. The number of esters is 1. The third kappa shape index (κ3) is 5.17. The van der Waals surface area contributed by atoms with Gasteiger partial charge in [-0.05, 0) is 38.0 Å². The number of carbonyl (C=O) groups is 3. The molecule has 26 heavy (non-hydrogen) atoms. The first-order chi connectivity index (χ1) is 12.1. The molecule has 1 saturated carbocycles. The number of nitrogens with two attached hydrogens (primary N) is 1. The number of methoxy groups -OCH3 is 1. The molecule has 1 atom stereocenters. The third-order valence-electron chi connectivity index (χ3n) is 3.52. The van der Waals surface area contributed by atoms with Crippen LogP contribution < -0.4 is 20.5 Å². The van der Waals surface area contributed by atoms with E-state index >= 15 is 0 Å². The summed E-state index contributed by atoms with van der Waals surface area (Å²) in [6.45, 7) is 1.27. The topological polar surface area (TPSA) is 154 Å². The Kier molecular flexibility index (Phi) is 5.83. The first kappa shape index (κ1) is 19.7. The number of sulfonamides is 1. The van der Waals surface area contributed by atoms with E-state index < -0.39 is 34.0 Å². The summed E-state index contributed by atoms with van der Waals surface area (Å²) in [4.78, 5) is 35.4. The van der Waals surface area contributed by atoms with E-state index in [4.69, 9.17) is 14.6 Å². The van der Waals surface area contributed by atoms with Crippen molar-refractivity contribution in [2.45, 2.75) is 36.8 Å². The second kappa shape index (κ2) is 7.70. The van der Waals surface area contributed by atoms with Gasteiger partial charge in [-0.3, -0.25) is 10.1 Å². The van der Waals surface area contributed by atoms with Gasteiger partial charge in [0, 0.05) is 6.04 Å². The fourth-order valence-corrected chi connectivity index (χ4v) is 2.50. The molecule has 1 aromatic carbocycles. The van der Waals surface area contributed by atoms with Gasteiger partial charge in [-0.1, -0.05) is 0 Å². The third-order valence-corrected chi connectivity index (χ3v) is 4.43. The van der Waals surface area contributed by atoms with E-state index in [1.165, 1.54) is 26.2 Å². The number of benzene rings is 1. The van der Waals surface area contributed by atoms with Crippen molar-refractivity contribution in [2.75, 3.05) is 7.11 Å². The molecule has 0 spiro atoms. The Morgan fingerprint density at radius 3 is 2.46 bits per heavy atom. The van der Waals surface area contributed by atoms with Crippen molar-refractivity contribution >= 4 is 27.9 Å². The van der Waals surface area contributed by atoms with Crippen molar-refractivity contribution in [3.63, 3.8) is 0 Å². The first-order valence-electron chi connectivity index (χ1n) is 7.65. The molecule has 142 valence electrons. The Morgan fingerprint density at radius 2 is 1.92 bits per heavy atom. The van der Waals surface area contributed by atoms with E-state index in [2.05, 4.69) is 10.6 Å². The van der Waals surface area contributed by atoms with Gasteiger partial charge in [0.1, 0.15) is 11.3 Å². The number of amides is 3. The first-order valence-corrected chi connectivity index (χ1v) is 9.19. The minimum atomic E-state index is -4.05. The van der Waals surface area contributed by atoms with E-state index in [9.17, 15) is 22.8 Å². The Bertz CT molecular complexity index is 834. The average Bonchev–Trinajstić information content (AvgIpc) is 3.36. The number of hydrogen-bond donors (Lipinski definition) is 3. The Balaban J connectivity index is 2.07. The molecule has 0 radical (unpaired) electrons. The van der Waals surface area contributed by atoms with Crippen LogP contribution in [0.1, 0.15) is 30.1 Å². The van der Waals surface area contributed by atoms with Gasteiger partial charge in [-0.25, -0.2) is 23.1 Å². The summed E-state index contributed by atoms with van der Waals surface area (Å²) in [5.41, 5.74) is -0.221. The normalized spacial score (nSPS) is 14.9. The van der Waals surface area contributed by atoms with Gasteiger partial charge in [0.25, 0.3) is 5.91 Å². The number of primary sulfonamides is 1. The molecule has 2 rings (SSSR count). The second-order valence-corrected chi connectivity index (χ2v) is 7.25. The fourth-order valence-electron chi connectivity index (χ4n) is 1.96. The predicted molar refractivity (Wildman–Crippen MR) is 88.9 cm³/mol. The molecule has 1 fully saturated rings. The molecular weight excluding hydrogens is 366 g/mol. The summed E-state index contributed by atoms with van der Waals surface area (Å²) in [5.74, 6) is -1.78. The van der Waals surface area contributed by atoms with Crippen molar-refractivity contribution in [1.82, 2.24) is 10.6 Å². The van der Waals surface area contributed by atoms with Gasteiger partial charge in [0.05, 0.1) is 12.0 Å². The Hall–Kier alpha value is -2.66. The molecular formula is C15H19N3O7S. The quantitative estimate of drug-likeness (QED) is 0.577. The highest BCUT2D eigenvalue weighted by Gasteiger charge is 2.27. The lowest BCUT2D eigenvalue weighted by Crippen LogP contribution is -2.45. The molecule has 1 unspecified atom stereocenters. The summed E-state index contributed by atoms with van der Waals surface area (Å²) in [5, 5.41) is 9.65. The smallest absolute Gasteiger partial charge is 0.342 e. The molecule has 0 heterocycles. The van der Waals surface area contributed by atoms with Gasteiger partial charge in [-0.15, -0.1) is 0 Å². The van der Waals surface area contributed by atoms with Crippen LogP contribution >= 0.6 is 0 Å². The van der Waals surface area contributed by atoms with Crippen molar-refractivity contribution in [3.8, 4) is 5.75 Å². The van der Waals surface area contributed by atoms with Gasteiger partial charge in [0.2, 0.25) is 10.0 Å². The van der Waals surface area contributed by atoms with Crippen LogP contribution in [0.15, 0.2) is 23.1 Å². The van der Waals surface area contributed by atoms with E-state index in [0.29, 0.717) is 0 Å². The molecule has 1 aliphatic rings. The van der Waals surface area contributed by atoms with Crippen molar-refractivity contribution < 1.29 is 32.3 Å². The van der Waals surface area contributed by atoms with E-state index in [1.54, 1.807) is 0 Å². The van der Waals surface area contributed by atoms with Crippen LogP contribution in [0.3, 0.4) is 0 Å². The van der Waals surface area contributed by atoms with Crippen LogP contribution in [0, 0.1) is 0 Å². The highest BCUT2D eigenvalue weighted by molar-refractivity contribution is 7.89. The molecule has 4 N–H and O–H groups in total. The number of rotatable bonds is 6. The maximum atomic E-state index is 12.3. The van der Waals surface area contributed by atoms with Crippen LogP contribution in [0.4, 0.5) is 4.79 Å². The largest absolute Gasteiger partial charge is 0.496 e. The number of ether oxygens (including phenoxy) is 2. The monoisotopic (exact) mass is 385 g/mol. The standard InChI is InChI=1S/C15H19N3O7S/c1-8(13(19)18-15(21)17-9-3-4-9)25-14(20)11-7-10(26(16,22)23)5-6-12(11)24-2/h5-9H,3-4H2,1-2H3,(H2,16,22,23)(H2,17,18,19,21). The predicted octanol–water partition coefficient (Wildman–Crippen LogP) is -0.124. The van der Waals surface area contributed by atoms with Crippen LogP contribution in [-0.4, -0.2) is 45.6 Å². The van der Waals surface area contributed by atoms with Crippen molar-refractivity contribution in [2.24, 2.45) is 5.14 Å². The summed E-state index contributed by atoms with van der Waals surface area (Å²) >= 11 is 0. The number of imide groups is 1. The molecule has 11 heteroatoms. The molecule has 1 aliphatic carbocycles. The zero-order valence-corrected chi connectivity index (χ0v) is 15.0. The Morgan fingerprint density at radius 1 is 1.27 bits per heavy atom. The van der Waals surface area contributed by atoms with E-state index in [-0.39, 0.29) is 22.3 Å². The fraction of sp³-hybridized carbons (Fsp3) is 0.400. The lowest BCUT2D eigenvalue weighted by atomic mass is 10.2. The van der Waals surface area contributed by atoms with Crippen LogP contribution in [-0.2, 0) is 19.6 Å².